The molecule has 4 aromatic carbocycles. The molecule has 0 radical (unpaired) electrons. The van der Waals surface area contributed by atoms with Crippen molar-refractivity contribution in [2.45, 2.75) is 40.2 Å². The van der Waals surface area contributed by atoms with E-state index in [1.54, 1.807) is 30.5 Å². The van der Waals surface area contributed by atoms with E-state index >= 15 is 0 Å². The van der Waals surface area contributed by atoms with Crippen LogP contribution >= 0.6 is 11.6 Å². The fourth-order valence-corrected chi connectivity index (χ4v) is 5.32. The lowest BCUT2D eigenvalue weighted by atomic mass is 9.96. The molecule has 0 unspecified atom stereocenters. The van der Waals surface area contributed by atoms with Crippen molar-refractivity contribution < 1.29 is 18.9 Å². The number of halogens is 1. The molecule has 0 N–H and O–H groups in total. The summed E-state index contributed by atoms with van der Waals surface area (Å²) in [5.74, 6) is 3.39. The van der Waals surface area contributed by atoms with Gasteiger partial charge >= 0.3 is 0 Å². The Morgan fingerprint density at radius 3 is 2.64 bits per heavy atom. The van der Waals surface area contributed by atoms with Gasteiger partial charge in [0.15, 0.2) is 17.3 Å². The third kappa shape index (κ3) is 5.85. The highest BCUT2D eigenvalue weighted by Crippen LogP contribution is 2.35. The zero-order valence-corrected chi connectivity index (χ0v) is 25.7. The number of para-hydroxylation sites is 1. The molecular formula is C35H32ClN3O5. The van der Waals surface area contributed by atoms with Crippen LogP contribution in [-0.2, 0) is 6.61 Å². The highest BCUT2D eigenvalue weighted by atomic mass is 35.5. The maximum absolute atomic E-state index is 13.9. The molecule has 0 amide bonds. The van der Waals surface area contributed by atoms with E-state index in [9.17, 15) is 4.79 Å². The van der Waals surface area contributed by atoms with Gasteiger partial charge in [0.05, 0.1) is 23.7 Å². The van der Waals surface area contributed by atoms with Gasteiger partial charge in [-0.25, -0.2) is 4.98 Å². The van der Waals surface area contributed by atoms with Gasteiger partial charge in [-0.3, -0.25) is 4.79 Å². The zero-order valence-electron chi connectivity index (χ0n) is 25.0. The summed E-state index contributed by atoms with van der Waals surface area (Å²) >= 11 is 6.38. The van der Waals surface area contributed by atoms with Crippen LogP contribution in [0.2, 0.25) is 5.02 Å². The Kier molecular flexibility index (Phi) is 8.26. The quantitative estimate of drug-likeness (QED) is 0.159. The van der Waals surface area contributed by atoms with Gasteiger partial charge in [0.2, 0.25) is 6.79 Å². The number of aromatic nitrogens is 2. The van der Waals surface area contributed by atoms with E-state index in [1.165, 1.54) is 4.68 Å². The molecule has 1 aliphatic rings. The molecule has 6 rings (SSSR count). The molecule has 5 aromatic rings. The second kappa shape index (κ2) is 12.4. The molecule has 0 fully saturated rings. The van der Waals surface area contributed by atoms with E-state index < -0.39 is 0 Å². The van der Waals surface area contributed by atoms with Crippen molar-refractivity contribution in [2.75, 3.05) is 13.4 Å². The molecule has 2 heterocycles. The van der Waals surface area contributed by atoms with Gasteiger partial charge in [-0.2, -0.15) is 9.78 Å². The second-order valence-electron chi connectivity index (χ2n) is 10.8. The van der Waals surface area contributed by atoms with Crippen LogP contribution in [0.3, 0.4) is 0 Å². The Morgan fingerprint density at radius 1 is 1.00 bits per heavy atom. The minimum Gasteiger partial charge on any atom is -0.494 e. The fourth-order valence-electron chi connectivity index (χ4n) is 5.14. The Morgan fingerprint density at radius 2 is 1.82 bits per heavy atom. The predicted octanol–water partition coefficient (Wildman–Crippen LogP) is 7.74. The minimum atomic E-state index is -0.286. The normalized spacial score (nSPS) is 12.4. The van der Waals surface area contributed by atoms with Crippen LogP contribution in [0.5, 0.6) is 23.0 Å². The third-order valence-electron chi connectivity index (χ3n) is 7.39. The maximum Gasteiger partial charge on any atom is 0.282 e. The first kappa shape index (κ1) is 29.3. The molecule has 0 saturated heterocycles. The molecule has 0 spiro atoms. The Balaban J connectivity index is 1.42. The second-order valence-corrected chi connectivity index (χ2v) is 11.2. The van der Waals surface area contributed by atoms with Gasteiger partial charge in [0.25, 0.3) is 5.56 Å². The van der Waals surface area contributed by atoms with E-state index in [0.717, 1.165) is 28.0 Å². The number of rotatable bonds is 9. The third-order valence-corrected chi connectivity index (χ3v) is 7.62. The summed E-state index contributed by atoms with van der Waals surface area (Å²) in [7, 11) is 0. The lowest BCUT2D eigenvalue weighted by molar-refractivity contribution is 0.174. The molecule has 0 saturated carbocycles. The summed E-state index contributed by atoms with van der Waals surface area (Å²) in [4.78, 5) is 18.8. The minimum absolute atomic E-state index is 0.191. The van der Waals surface area contributed by atoms with E-state index in [1.807, 2.05) is 62.4 Å². The van der Waals surface area contributed by atoms with E-state index in [4.69, 9.17) is 40.6 Å². The van der Waals surface area contributed by atoms with E-state index in [0.29, 0.717) is 51.2 Å². The molecule has 0 aliphatic carbocycles. The van der Waals surface area contributed by atoms with Crippen LogP contribution in [0.4, 0.5) is 0 Å². The predicted molar refractivity (Wildman–Crippen MR) is 173 cm³/mol. The highest BCUT2D eigenvalue weighted by Gasteiger charge is 2.19. The summed E-state index contributed by atoms with van der Waals surface area (Å²) in [5.41, 5.74) is 4.56. The molecule has 224 valence electrons. The first-order valence-electron chi connectivity index (χ1n) is 14.5. The van der Waals surface area contributed by atoms with Crippen molar-refractivity contribution in [3.63, 3.8) is 0 Å². The molecule has 0 atom stereocenters. The van der Waals surface area contributed by atoms with Gasteiger partial charge < -0.3 is 18.9 Å². The molecule has 8 nitrogen and oxygen atoms in total. The van der Waals surface area contributed by atoms with Crippen LogP contribution < -0.4 is 24.5 Å². The monoisotopic (exact) mass is 609 g/mol. The Labute approximate surface area is 260 Å². The van der Waals surface area contributed by atoms with Crippen molar-refractivity contribution >= 4 is 28.7 Å². The van der Waals surface area contributed by atoms with Crippen molar-refractivity contribution in [1.82, 2.24) is 9.66 Å². The summed E-state index contributed by atoms with van der Waals surface area (Å²) in [6.45, 7) is 9.22. The standard InChI is InChI=1S/C35H32ClN3O5/c1-5-41-32-14-22(4)28(17-27(32)21(2)3)34-38-29-9-7-6-8-26(29)35(40)39(34)37-18-24-16-25(36)11-13-30(24)42-19-23-10-12-31-33(15-23)44-20-43-31/h6-18,21H,5,19-20H2,1-4H3. The topological polar surface area (TPSA) is 84.2 Å². The largest absolute Gasteiger partial charge is 0.494 e. The van der Waals surface area contributed by atoms with Gasteiger partial charge in [0, 0.05) is 16.1 Å². The van der Waals surface area contributed by atoms with Crippen molar-refractivity contribution in [1.29, 1.82) is 0 Å². The lowest BCUT2D eigenvalue weighted by Crippen LogP contribution is -2.21. The van der Waals surface area contributed by atoms with Crippen LogP contribution in [0.1, 0.15) is 48.9 Å². The van der Waals surface area contributed by atoms with Crippen LogP contribution in [0.15, 0.2) is 82.7 Å². The van der Waals surface area contributed by atoms with Crippen LogP contribution in [0.25, 0.3) is 22.3 Å². The average Bonchev–Trinajstić information content (AvgIpc) is 3.48. The number of nitrogens with zero attached hydrogens (tertiary/aromatic N) is 3. The van der Waals surface area contributed by atoms with Gasteiger partial charge in [-0.15, -0.1) is 0 Å². The number of benzene rings is 4. The highest BCUT2D eigenvalue weighted by molar-refractivity contribution is 6.30. The van der Waals surface area contributed by atoms with Gasteiger partial charge in [-0.05, 0) is 91.1 Å². The summed E-state index contributed by atoms with van der Waals surface area (Å²) in [6, 6.07) is 22.3. The maximum atomic E-state index is 13.9. The zero-order chi connectivity index (χ0) is 30.8. The molecule has 0 bridgehead atoms. The molecule has 1 aliphatic heterocycles. The van der Waals surface area contributed by atoms with Gasteiger partial charge in [-0.1, -0.05) is 43.6 Å². The lowest BCUT2D eigenvalue weighted by Gasteiger charge is -2.18. The van der Waals surface area contributed by atoms with Crippen LogP contribution in [-0.4, -0.2) is 29.3 Å². The SMILES string of the molecule is CCOc1cc(C)c(-c2nc3ccccc3c(=O)n2N=Cc2cc(Cl)ccc2OCc2ccc3c(c2)OCO3)cc1C(C)C. The first-order valence-corrected chi connectivity index (χ1v) is 14.8. The smallest absolute Gasteiger partial charge is 0.282 e. The number of hydrogen-bond acceptors (Lipinski definition) is 7. The summed E-state index contributed by atoms with van der Waals surface area (Å²) < 4.78 is 24.4. The Hall–Kier alpha value is -4.82. The van der Waals surface area contributed by atoms with Gasteiger partial charge in [0.1, 0.15) is 18.1 Å². The van der Waals surface area contributed by atoms with Crippen molar-refractivity contribution in [3.05, 3.63) is 110 Å². The molecular weight excluding hydrogens is 578 g/mol. The number of aryl methyl sites for hydroxylation is 1. The van der Waals surface area contributed by atoms with Crippen molar-refractivity contribution in [2.24, 2.45) is 5.10 Å². The Bertz CT molecular complexity index is 1950. The molecule has 1 aromatic heterocycles. The summed E-state index contributed by atoms with van der Waals surface area (Å²) in [6.07, 6.45) is 1.58. The van der Waals surface area contributed by atoms with Crippen LogP contribution in [0, 0.1) is 6.92 Å². The molecule has 9 heteroatoms. The first-order chi connectivity index (χ1) is 21.3. The fraction of sp³-hybridized carbons (Fsp3) is 0.229. The van der Waals surface area contributed by atoms with E-state index in [-0.39, 0.29) is 24.9 Å². The number of ether oxygens (including phenoxy) is 4. The summed E-state index contributed by atoms with van der Waals surface area (Å²) in [5, 5.41) is 5.66. The van der Waals surface area contributed by atoms with E-state index in [2.05, 4.69) is 13.8 Å². The number of fused-ring (bicyclic) bond motifs is 2. The number of hydrogen-bond donors (Lipinski definition) is 0. The molecule has 44 heavy (non-hydrogen) atoms. The van der Waals surface area contributed by atoms with Crippen molar-refractivity contribution in [3.8, 4) is 34.4 Å². The average molecular weight is 610 g/mol.